The third-order valence-electron chi connectivity index (χ3n) is 4.19. The first-order valence-electron chi connectivity index (χ1n) is 8.91. The van der Waals surface area contributed by atoms with Crippen LogP contribution in [-0.2, 0) is 9.53 Å². The number of carbonyl (C=O) groups excluding carboxylic acids is 1. The molecule has 2 aliphatic rings. The Morgan fingerprint density at radius 2 is 1.93 bits per heavy atom. The van der Waals surface area contributed by atoms with Gasteiger partial charge in [-0.3, -0.25) is 0 Å². The summed E-state index contributed by atoms with van der Waals surface area (Å²) in [4.78, 5) is 16.6. The number of ether oxygens (including phenoxy) is 5. The molecule has 28 heavy (non-hydrogen) atoms. The highest BCUT2D eigenvalue weighted by Crippen LogP contribution is 2.41. The van der Waals surface area contributed by atoms with Gasteiger partial charge in [0.15, 0.2) is 17.2 Å². The van der Waals surface area contributed by atoms with Gasteiger partial charge in [0.2, 0.25) is 11.6 Å². The summed E-state index contributed by atoms with van der Waals surface area (Å²) in [5.74, 6) is 2.14. The molecule has 0 N–H and O–H groups in total. The van der Waals surface area contributed by atoms with Gasteiger partial charge in [-0.15, -0.1) is 0 Å². The quantitative estimate of drug-likeness (QED) is 0.585. The number of esters is 1. The van der Waals surface area contributed by atoms with Gasteiger partial charge < -0.3 is 23.7 Å². The smallest absolute Gasteiger partial charge is 0.363 e. The average Bonchev–Trinajstić information content (AvgIpc) is 3.08. The third-order valence-corrected chi connectivity index (χ3v) is 4.19. The van der Waals surface area contributed by atoms with Crippen molar-refractivity contribution in [2.75, 3.05) is 26.9 Å². The Labute approximate surface area is 162 Å². The minimum Gasteiger partial charge on any atom is -0.494 e. The number of hydrogen-bond acceptors (Lipinski definition) is 7. The summed E-state index contributed by atoms with van der Waals surface area (Å²) in [6, 6.07) is 10.8. The zero-order valence-corrected chi connectivity index (χ0v) is 15.6. The highest BCUT2D eigenvalue weighted by atomic mass is 16.6. The monoisotopic (exact) mass is 381 g/mol. The molecule has 2 aliphatic heterocycles. The van der Waals surface area contributed by atoms with E-state index in [1.54, 1.807) is 37.5 Å². The number of aliphatic imine (C=N–C) groups is 1. The molecule has 0 bridgehead atoms. The van der Waals surface area contributed by atoms with Crippen molar-refractivity contribution in [1.29, 1.82) is 0 Å². The van der Waals surface area contributed by atoms with E-state index in [0.717, 1.165) is 5.75 Å². The van der Waals surface area contributed by atoms with E-state index in [9.17, 15) is 4.79 Å². The molecule has 0 fully saturated rings. The Balaban J connectivity index is 1.63. The van der Waals surface area contributed by atoms with E-state index in [0.29, 0.717) is 48.2 Å². The van der Waals surface area contributed by atoms with E-state index in [1.807, 2.05) is 19.1 Å². The molecule has 2 aromatic carbocycles. The Hall–Kier alpha value is -3.48. The molecule has 144 valence electrons. The lowest BCUT2D eigenvalue weighted by Crippen LogP contribution is -2.16. The van der Waals surface area contributed by atoms with Gasteiger partial charge in [-0.25, -0.2) is 9.79 Å². The largest absolute Gasteiger partial charge is 0.494 e. The maximum absolute atomic E-state index is 12.3. The molecule has 0 amide bonds. The lowest BCUT2D eigenvalue weighted by molar-refractivity contribution is -0.129. The molecule has 0 aliphatic carbocycles. The molecule has 0 aromatic heterocycles. The number of hydrogen-bond donors (Lipinski definition) is 0. The van der Waals surface area contributed by atoms with Crippen LogP contribution in [0.3, 0.4) is 0 Å². The summed E-state index contributed by atoms with van der Waals surface area (Å²) >= 11 is 0. The molecule has 0 radical (unpaired) electrons. The molecule has 7 nitrogen and oxygen atoms in total. The molecule has 0 unspecified atom stereocenters. The van der Waals surface area contributed by atoms with Gasteiger partial charge in [0, 0.05) is 5.56 Å². The normalized spacial score (nSPS) is 16.6. The lowest BCUT2D eigenvalue weighted by Gasteiger charge is -2.20. The second-order valence-electron chi connectivity index (χ2n) is 6.04. The fourth-order valence-corrected chi connectivity index (χ4v) is 2.93. The molecule has 7 heteroatoms. The van der Waals surface area contributed by atoms with E-state index in [2.05, 4.69) is 4.99 Å². The maximum atomic E-state index is 12.3. The fraction of sp³-hybridized carbons (Fsp3) is 0.238. The molecular formula is C21H19NO6. The summed E-state index contributed by atoms with van der Waals surface area (Å²) < 4.78 is 27.3. The highest BCUT2D eigenvalue weighted by molar-refractivity contribution is 6.12. The van der Waals surface area contributed by atoms with Crippen molar-refractivity contribution in [3.05, 3.63) is 53.2 Å². The molecule has 0 spiro atoms. The number of fused-ring (bicyclic) bond motifs is 1. The number of cyclic esters (lactones) is 1. The van der Waals surface area contributed by atoms with Crippen LogP contribution in [0.1, 0.15) is 18.1 Å². The second-order valence-corrected chi connectivity index (χ2v) is 6.04. The Bertz CT molecular complexity index is 944. The summed E-state index contributed by atoms with van der Waals surface area (Å²) in [5.41, 5.74) is 1.59. The van der Waals surface area contributed by atoms with Crippen LogP contribution in [0, 0.1) is 0 Å². The van der Waals surface area contributed by atoms with Crippen LogP contribution in [0.4, 0.5) is 0 Å². The van der Waals surface area contributed by atoms with Gasteiger partial charge in [0.1, 0.15) is 19.0 Å². The molecule has 2 aromatic rings. The number of benzene rings is 2. The molecular weight excluding hydrogens is 362 g/mol. The predicted octanol–water partition coefficient (Wildman–Crippen LogP) is 3.21. The molecule has 0 saturated carbocycles. The highest BCUT2D eigenvalue weighted by Gasteiger charge is 2.25. The summed E-state index contributed by atoms with van der Waals surface area (Å²) in [7, 11) is 1.55. The lowest BCUT2D eigenvalue weighted by atomic mass is 10.1. The first-order chi connectivity index (χ1) is 13.7. The van der Waals surface area contributed by atoms with Crippen molar-refractivity contribution >= 4 is 17.9 Å². The summed E-state index contributed by atoms with van der Waals surface area (Å²) in [5, 5.41) is 0. The van der Waals surface area contributed by atoms with Crippen molar-refractivity contribution in [2.45, 2.75) is 6.92 Å². The summed E-state index contributed by atoms with van der Waals surface area (Å²) in [6.07, 6.45) is 1.63. The SMILES string of the molecule is CCOc1ccc(C2=N/C(=C\c3cc(OC)c4c(c3)OCCO4)C(=O)O2)cc1. The van der Waals surface area contributed by atoms with Crippen LogP contribution < -0.4 is 18.9 Å². The van der Waals surface area contributed by atoms with Crippen molar-refractivity contribution in [3.8, 4) is 23.0 Å². The minimum atomic E-state index is -0.516. The van der Waals surface area contributed by atoms with E-state index >= 15 is 0 Å². The number of nitrogens with zero attached hydrogens (tertiary/aromatic N) is 1. The van der Waals surface area contributed by atoms with Crippen LogP contribution in [0.15, 0.2) is 47.1 Å². The van der Waals surface area contributed by atoms with Gasteiger partial charge in [-0.2, -0.15) is 0 Å². The minimum absolute atomic E-state index is 0.197. The van der Waals surface area contributed by atoms with Crippen molar-refractivity contribution < 1.29 is 28.5 Å². The zero-order chi connectivity index (χ0) is 19.5. The number of carbonyl (C=O) groups is 1. The molecule has 0 atom stereocenters. The Morgan fingerprint density at radius 3 is 2.68 bits per heavy atom. The van der Waals surface area contributed by atoms with Crippen LogP contribution in [0.25, 0.3) is 6.08 Å². The topological polar surface area (TPSA) is 75.6 Å². The molecule has 2 heterocycles. The van der Waals surface area contributed by atoms with Gasteiger partial charge >= 0.3 is 5.97 Å². The second kappa shape index (κ2) is 7.64. The third kappa shape index (κ3) is 3.51. The molecule has 0 saturated heterocycles. The van der Waals surface area contributed by atoms with Crippen LogP contribution in [0.5, 0.6) is 23.0 Å². The fourth-order valence-electron chi connectivity index (χ4n) is 2.93. The summed E-state index contributed by atoms with van der Waals surface area (Å²) in [6.45, 7) is 3.42. The first-order valence-corrected chi connectivity index (χ1v) is 8.91. The predicted molar refractivity (Wildman–Crippen MR) is 102 cm³/mol. The Kier molecular flexibility index (Phi) is 4.89. The Morgan fingerprint density at radius 1 is 1.14 bits per heavy atom. The van der Waals surface area contributed by atoms with E-state index in [-0.39, 0.29) is 11.6 Å². The van der Waals surface area contributed by atoms with Crippen molar-refractivity contribution in [1.82, 2.24) is 0 Å². The van der Waals surface area contributed by atoms with E-state index in [1.165, 1.54) is 0 Å². The van der Waals surface area contributed by atoms with E-state index < -0.39 is 5.97 Å². The molecule has 4 rings (SSSR count). The zero-order valence-electron chi connectivity index (χ0n) is 15.6. The van der Waals surface area contributed by atoms with Crippen molar-refractivity contribution in [3.63, 3.8) is 0 Å². The van der Waals surface area contributed by atoms with Crippen molar-refractivity contribution in [2.24, 2.45) is 4.99 Å². The van der Waals surface area contributed by atoms with Crippen LogP contribution in [-0.4, -0.2) is 38.8 Å². The maximum Gasteiger partial charge on any atom is 0.363 e. The van der Waals surface area contributed by atoms with Gasteiger partial charge in [0.25, 0.3) is 0 Å². The average molecular weight is 381 g/mol. The van der Waals surface area contributed by atoms with Gasteiger partial charge in [-0.1, -0.05) is 0 Å². The first kappa shape index (κ1) is 17.9. The van der Waals surface area contributed by atoms with Crippen LogP contribution >= 0.6 is 0 Å². The number of rotatable bonds is 5. The number of methoxy groups -OCH3 is 1. The van der Waals surface area contributed by atoms with Gasteiger partial charge in [-0.05, 0) is 55.0 Å². The van der Waals surface area contributed by atoms with Crippen LogP contribution in [0.2, 0.25) is 0 Å². The standard InChI is InChI=1S/C21H19NO6/c1-3-25-15-6-4-14(5-7-15)20-22-16(21(23)28-20)10-13-11-17(24-2)19-18(12-13)26-8-9-27-19/h4-7,10-12H,3,8-9H2,1-2H3/b16-10-. The van der Waals surface area contributed by atoms with E-state index in [4.69, 9.17) is 23.7 Å². The van der Waals surface area contributed by atoms with Gasteiger partial charge in [0.05, 0.1) is 13.7 Å².